The minimum Gasteiger partial charge on any atom is -0.508 e. The molecule has 1 aliphatic rings. The number of carboxylic acids is 1. The van der Waals surface area contributed by atoms with Crippen molar-refractivity contribution in [1.82, 2.24) is 5.32 Å². The van der Waals surface area contributed by atoms with Crippen LogP contribution >= 0.6 is 0 Å². The molecule has 0 aromatic rings. The summed E-state index contributed by atoms with van der Waals surface area (Å²) in [5.74, 6) is -1.28. The molecule has 1 aliphatic carbocycles. The van der Waals surface area contributed by atoms with E-state index in [0.29, 0.717) is 12.8 Å². The van der Waals surface area contributed by atoms with E-state index in [4.69, 9.17) is 0 Å². The predicted octanol–water partition coefficient (Wildman–Crippen LogP) is 2.51. The van der Waals surface area contributed by atoms with E-state index in [1.54, 1.807) is 6.92 Å². The molecule has 0 aliphatic heterocycles. The molecule has 1 rings (SSSR count). The number of aliphatic carboxylic acids is 1. The minimum atomic E-state index is -0.915. The average molecular weight is 269 g/mol. The SMILES string of the molecule is CC1CC(C[C@H](NC(C)(C)C)C(=O)O)=CC(O)=C1O. The fourth-order valence-corrected chi connectivity index (χ4v) is 2.20. The lowest BCUT2D eigenvalue weighted by atomic mass is 9.89. The second-order valence-corrected chi connectivity index (χ2v) is 6.17. The van der Waals surface area contributed by atoms with Crippen molar-refractivity contribution in [3.8, 4) is 0 Å². The number of rotatable bonds is 4. The number of carboxylic acid groups (broad SMARTS) is 1. The van der Waals surface area contributed by atoms with Gasteiger partial charge in [0.25, 0.3) is 0 Å². The summed E-state index contributed by atoms with van der Waals surface area (Å²) in [7, 11) is 0. The highest BCUT2D eigenvalue weighted by Crippen LogP contribution is 2.29. The van der Waals surface area contributed by atoms with Gasteiger partial charge in [-0.15, -0.1) is 0 Å². The first-order chi connectivity index (χ1) is 8.60. The number of hydrogen-bond acceptors (Lipinski definition) is 4. The quantitative estimate of drug-likeness (QED) is 0.629. The van der Waals surface area contributed by atoms with E-state index in [2.05, 4.69) is 5.32 Å². The largest absolute Gasteiger partial charge is 0.508 e. The molecule has 1 unspecified atom stereocenters. The van der Waals surface area contributed by atoms with Gasteiger partial charge in [-0.3, -0.25) is 10.1 Å². The number of hydrogen-bond donors (Lipinski definition) is 4. The molecular formula is C14H23NO4. The van der Waals surface area contributed by atoms with Gasteiger partial charge in [0, 0.05) is 11.5 Å². The molecule has 0 aromatic carbocycles. The third-order valence-corrected chi connectivity index (χ3v) is 3.01. The Morgan fingerprint density at radius 3 is 2.47 bits per heavy atom. The lowest BCUT2D eigenvalue weighted by Crippen LogP contribution is -2.48. The Morgan fingerprint density at radius 2 is 2.05 bits per heavy atom. The highest BCUT2D eigenvalue weighted by molar-refractivity contribution is 5.74. The van der Waals surface area contributed by atoms with Crippen molar-refractivity contribution in [3.05, 3.63) is 23.2 Å². The Morgan fingerprint density at radius 1 is 1.47 bits per heavy atom. The average Bonchev–Trinajstić information content (AvgIpc) is 2.22. The van der Waals surface area contributed by atoms with Crippen LogP contribution in [0.5, 0.6) is 0 Å². The zero-order valence-electron chi connectivity index (χ0n) is 11.9. The van der Waals surface area contributed by atoms with Crippen molar-refractivity contribution in [2.45, 2.75) is 52.1 Å². The number of aliphatic hydroxyl groups excluding tert-OH is 2. The Hall–Kier alpha value is -1.49. The van der Waals surface area contributed by atoms with E-state index in [9.17, 15) is 20.1 Å². The van der Waals surface area contributed by atoms with Crippen LogP contribution in [0.15, 0.2) is 23.2 Å². The maximum atomic E-state index is 11.3. The molecule has 108 valence electrons. The first-order valence-electron chi connectivity index (χ1n) is 6.42. The molecule has 19 heavy (non-hydrogen) atoms. The molecule has 4 N–H and O–H groups in total. The number of nitrogens with one attached hydrogen (secondary N) is 1. The van der Waals surface area contributed by atoms with Crippen LogP contribution in [-0.2, 0) is 4.79 Å². The zero-order chi connectivity index (χ0) is 14.8. The predicted molar refractivity (Wildman–Crippen MR) is 73.1 cm³/mol. The van der Waals surface area contributed by atoms with Crippen LogP contribution in [0.4, 0.5) is 0 Å². The van der Waals surface area contributed by atoms with E-state index < -0.39 is 12.0 Å². The lowest BCUT2D eigenvalue weighted by molar-refractivity contribution is -0.140. The van der Waals surface area contributed by atoms with Gasteiger partial charge < -0.3 is 15.3 Å². The van der Waals surface area contributed by atoms with Gasteiger partial charge in [0.05, 0.1) is 0 Å². The summed E-state index contributed by atoms with van der Waals surface area (Å²) in [5, 5.41) is 31.4. The van der Waals surface area contributed by atoms with Gasteiger partial charge in [0.1, 0.15) is 11.8 Å². The highest BCUT2D eigenvalue weighted by Gasteiger charge is 2.27. The smallest absolute Gasteiger partial charge is 0.321 e. The maximum Gasteiger partial charge on any atom is 0.321 e. The zero-order valence-corrected chi connectivity index (χ0v) is 11.9. The summed E-state index contributed by atoms with van der Waals surface area (Å²) in [5.41, 5.74) is 0.524. The van der Waals surface area contributed by atoms with E-state index in [1.807, 2.05) is 20.8 Å². The molecule has 0 heterocycles. The summed E-state index contributed by atoms with van der Waals surface area (Å²) in [6.07, 6.45) is 2.34. The van der Waals surface area contributed by atoms with Crippen LogP contribution in [0.3, 0.4) is 0 Å². The topological polar surface area (TPSA) is 89.8 Å². The molecule has 0 radical (unpaired) electrons. The van der Waals surface area contributed by atoms with Crippen molar-refractivity contribution in [1.29, 1.82) is 0 Å². The van der Waals surface area contributed by atoms with E-state index in [-0.39, 0.29) is 23.0 Å². The van der Waals surface area contributed by atoms with Gasteiger partial charge in [-0.25, -0.2) is 0 Å². The summed E-state index contributed by atoms with van der Waals surface area (Å²) < 4.78 is 0. The van der Waals surface area contributed by atoms with E-state index >= 15 is 0 Å². The van der Waals surface area contributed by atoms with Crippen molar-refractivity contribution < 1.29 is 20.1 Å². The Kier molecular flexibility index (Phi) is 4.63. The molecule has 0 amide bonds. The first-order valence-corrected chi connectivity index (χ1v) is 6.42. The van der Waals surface area contributed by atoms with Crippen LogP contribution in [0.2, 0.25) is 0 Å². The normalized spacial score (nSPS) is 22.1. The van der Waals surface area contributed by atoms with Crippen LogP contribution in [0.25, 0.3) is 0 Å². The molecule has 0 saturated heterocycles. The Balaban J connectivity index is 2.82. The van der Waals surface area contributed by atoms with Crippen LogP contribution < -0.4 is 5.32 Å². The monoisotopic (exact) mass is 269 g/mol. The van der Waals surface area contributed by atoms with Gasteiger partial charge in [0.2, 0.25) is 0 Å². The lowest BCUT2D eigenvalue weighted by Gasteiger charge is -2.28. The van der Waals surface area contributed by atoms with E-state index in [0.717, 1.165) is 5.57 Å². The number of allylic oxidation sites excluding steroid dienone is 2. The van der Waals surface area contributed by atoms with Gasteiger partial charge in [-0.2, -0.15) is 0 Å². The van der Waals surface area contributed by atoms with Crippen molar-refractivity contribution >= 4 is 5.97 Å². The maximum absolute atomic E-state index is 11.3. The first kappa shape index (κ1) is 15.6. The van der Waals surface area contributed by atoms with Crippen molar-refractivity contribution in [2.24, 2.45) is 5.92 Å². The molecule has 0 bridgehead atoms. The fourth-order valence-electron chi connectivity index (χ4n) is 2.20. The number of carbonyl (C=O) groups is 1. The van der Waals surface area contributed by atoms with Crippen LogP contribution in [-0.4, -0.2) is 32.9 Å². The van der Waals surface area contributed by atoms with Gasteiger partial charge in [0.15, 0.2) is 5.76 Å². The molecule has 0 spiro atoms. The molecule has 2 atom stereocenters. The van der Waals surface area contributed by atoms with Gasteiger partial charge >= 0.3 is 5.97 Å². The standard InChI is InChI=1S/C14H23NO4/c1-8-5-9(7-11(16)12(8)17)6-10(13(18)19)15-14(2,3)4/h7-8,10,15-17H,5-6H2,1-4H3,(H,18,19)/t8?,10-/m0/s1. The Bertz CT molecular complexity index is 418. The van der Waals surface area contributed by atoms with Crippen molar-refractivity contribution in [2.75, 3.05) is 0 Å². The molecule has 5 nitrogen and oxygen atoms in total. The van der Waals surface area contributed by atoms with E-state index in [1.165, 1.54) is 6.08 Å². The Labute approximate surface area is 113 Å². The summed E-state index contributed by atoms with van der Waals surface area (Å²) in [6, 6.07) is -0.702. The second-order valence-electron chi connectivity index (χ2n) is 6.17. The summed E-state index contributed by atoms with van der Waals surface area (Å²) >= 11 is 0. The highest BCUT2D eigenvalue weighted by atomic mass is 16.4. The third-order valence-electron chi connectivity index (χ3n) is 3.01. The van der Waals surface area contributed by atoms with Crippen LogP contribution in [0.1, 0.15) is 40.5 Å². The van der Waals surface area contributed by atoms with Crippen molar-refractivity contribution in [3.63, 3.8) is 0 Å². The van der Waals surface area contributed by atoms with Gasteiger partial charge in [-0.1, -0.05) is 12.5 Å². The molecular weight excluding hydrogens is 246 g/mol. The summed E-state index contributed by atoms with van der Waals surface area (Å²) in [6.45, 7) is 7.52. The molecule has 0 aromatic heterocycles. The van der Waals surface area contributed by atoms with Gasteiger partial charge in [-0.05, 0) is 39.7 Å². The molecule has 0 fully saturated rings. The molecule has 5 heteroatoms. The third kappa shape index (κ3) is 4.59. The number of aliphatic hydroxyl groups is 2. The van der Waals surface area contributed by atoms with Crippen LogP contribution in [0, 0.1) is 5.92 Å². The summed E-state index contributed by atoms with van der Waals surface area (Å²) in [4.78, 5) is 11.3. The fraction of sp³-hybridized carbons (Fsp3) is 0.643. The minimum absolute atomic E-state index is 0.0283. The second kappa shape index (κ2) is 5.65. The molecule has 0 saturated carbocycles.